The number of carbonyl (C=O) groups is 2. The lowest BCUT2D eigenvalue weighted by Crippen LogP contribution is -2.35. The number of amides is 1. The zero-order chi connectivity index (χ0) is 11.8. The highest BCUT2D eigenvalue weighted by Gasteiger charge is 2.16. The Morgan fingerprint density at radius 1 is 1.12 bits per heavy atom. The van der Waals surface area contributed by atoms with E-state index < -0.39 is 0 Å². The van der Waals surface area contributed by atoms with E-state index in [0.29, 0.717) is 25.9 Å². The van der Waals surface area contributed by atoms with Crippen molar-refractivity contribution in [2.45, 2.75) is 45.4 Å². The Kier molecular flexibility index (Phi) is 5.90. The van der Waals surface area contributed by atoms with Crippen LogP contribution in [0.25, 0.3) is 0 Å². The van der Waals surface area contributed by atoms with Crippen molar-refractivity contribution >= 4 is 11.9 Å². The van der Waals surface area contributed by atoms with E-state index in [1.54, 1.807) is 6.92 Å². The van der Waals surface area contributed by atoms with Crippen molar-refractivity contribution < 1.29 is 14.3 Å². The molecule has 0 aromatic rings. The van der Waals surface area contributed by atoms with Gasteiger partial charge in [-0.1, -0.05) is 0 Å². The Bertz CT molecular complexity index is 234. The third kappa shape index (κ3) is 4.64. The Balaban J connectivity index is 2.12. The highest BCUT2D eigenvalue weighted by atomic mass is 16.5. The molecular weight excluding hydrogens is 206 g/mol. The Morgan fingerprint density at radius 2 is 1.81 bits per heavy atom. The van der Waals surface area contributed by atoms with Gasteiger partial charge in [0.05, 0.1) is 6.61 Å². The number of esters is 1. The van der Waals surface area contributed by atoms with Crippen molar-refractivity contribution in [1.29, 1.82) is 0 Å². The first kappa shape index (κ1) is 13.0. The fraction of sp³-hybridized carbons (Fsp3) is 0.833. The van der Waals surface area contributed by atoms with Crippen LogP contribution in [0, 0.1) is 0 Å². The lowest BCUT2D eigenvalue weighted by molar-refractivity contribution is -0.143. The van der Waals surface area contributed by atoms with Crippen molar-refractivity contribution in [1.82, 2.24) is 4.90 Å². The number of carbonyl (C=O) groups excluding carboxylic acids is 2. The van der Waals surface area contributed by atoms with Crippen molar-refractivity contribution in [3.05, 3.63) is 0 Å². The second kappa shape index (κ2) is 7.25. The highest BCUT2D eigenvalue weighted by Crippen LogP contribution is 2.11. The average molecular weight is 227 g/mol. The minimum Gasteiger partial charge on any atom is -0.466 e. The SMILES string of the molecule is CCOC(=O)CCCC(=O)N1CCCCC1. The van der Waals surface area contributed by atoms with Gasteiger partial charge in [-0.3, -0.25) is 9.59 Å². The van der Waals surface area contributed by atoms with E-state index in [9.17, 15) is 9.59 Å². The summed E-state index contributed by atoms with van der Waals surface area (Å²) in [6.07, 6.45) is 4.89. The number of ether oxygens (including phenoxy) is 1. The lowest BCUT2D eigenvalue weighted by Gasteiger charge is -2.26. The summed E-state index contributed by atoms with van der Waals surface area (Å²) in [5.74, 6) is -0.0158. The van der Waals surface area contributed by atoms with Gasteiger partial charge in [-0.25, -0.2) is 0 Å². The van der Waals surface area contributed by atoms with Gasteiger partial charge < -0.3 is 9.64 Å². The van der Waals surface area contributed by atoms with E-state index >= 15 is 0 Å². The molecule has 0 spiro atoms. The largest absolute Gasteiger partial charge is 0.466 e. The van der Waals surface area contributed by atoms with Gasteiger partial charge in [0.15, 0.2) is 0 Å². The first-order chi connectivity index (χ1) is 7.74. The maximum atomic E-state index is 11.7. The number of piperidine rings is 1. The molecule has 1 aliphatic rings. The molecule has 0 N–H and O–H groups in total. The molecule has 0 radical (unpaired) electrons. The summed E-state index contributed by atoms with van der Waals surface area (Å²) in [6.45, 7) is 3.98. The minimum atomic E-state index is -0.200. The molecule has 0 aliphatic carbocycles. The van der Waals surface area contributed by atoms with Crippen molar-refractivity contribution in [2.24, 2.45) is 0 Å². The molecule has 0 atom stereocenters. The molecule has 1 rings (SSSR count). The van der Waals surface area contributed by atoms with Crippen LogP contribution in [0.3, 0.4) is 0 Å². The number of hydrogen-bond acceptors (Lipinski definition) is 3. The first-order valence-corrected chi connectivity index (χ1v) is 6.17. The molecule has 0 unspecified atom stereocenters. The molecule has 1 saturated heterocycles. The van der Waals surface area contributed by atoms with Gasteiger partial charge in [0.2, 0.25) is 5.91 Å². The summed E-state index contributed by atoms with van der Waals surface area (Å²) in [4.78, 5) is 24.7. The van der Waals surface area contributed by atoms with Crippen LogP contribution in [0.5, 0.6) is 0 Å². The van der Waals surface area contributed by atoms with E-state index in [2.05, 4.69) is 0 Å². The number of likely N-dealkylation sites (tertiary alicyclic amines) is 1. The zero-order valence-corrected chi connectivity index (χ0v) is 10.0. The van der Waals surface area contributed by atoms with Gasteiger partial charge in [0.25, 0.3) is 0 Å². The normalized spacial score (nSPS) is 15.9. The van der Waals surface area contributed by atoms with E-state index in [1.165, 1.54) is 6.42 Å². The fourth-order valence-electron chi connectivity index (χ4n) is 1.92. The summed E-state index contributed by atoms with van der Waals surface area (Å²) in [5, 5.41) is 0. The second-order valence-electron chi connectivity index (χ2n) is 4.10. The molecule has 4 nitrogen and oxygen atoms in total. The zero-order valence-electron chi connectivity index (χ0n) is 10.0. The third-order valence-electron chi connectivity index (χ3n) is 2.79. The average Bonchev–Trinajstić information content (AvgIpc) is 2.30. The van der Waals surface area contributed by atoms with Crippen LogP contribution >= 0.6 is 0 Å². The summed E-state index contributed by atoms with van der Waals surface area (Å²) in [5.41, 5.74) is 0. The third-order valence-corrected chi connectivity index (χ3v) is 2.79. The Morgan fingerprint density at radius 3 is 2.44 bits per heavy atom. The van der Waals surface area contributed by atoms with Gasteiger partial charge in [-0.05, 0) is 32.6 Å². The molecule has 1 amide bonds. The van der Waals surface area contributed by atoms with Crippen molar-refractivity contribution in [3.8, 4) is 0 Å². The van der Waals surface area contributed by atoms with E-state index in [4.69, 9.17) is 4.74 Å². The fourth-order valence-corrected chi connectivity index (χ4v) is 1.92. The van der Waals surface area contributed by atoms with Crippen LogP contribution in [0.2, 0.25) is 0 Å². The Labute approximate surface area is 96.9 Å². The molecule has 0 aromatic heterocycles. The Hall–Kier alpha value is -1.06. The van der Waals surface area contributed by atoms with Gasteiger partial charge in [0.1, 0.15) is 0 Å². The van der Waals surface area contributed by atoms with Crippen molar-refractivity contribution in [2.75, 3.05) is 19.7 Å². The predicted molar refractivity (Wildman–Crippen MR) is 60.9 cm³/mol. The molecule has 16 heavy (non-hydrogen) atoms. The number of rotatable bonds is 5. The van der Waals surface area contributed by atoms with Crippen LogP contribution in [-0.2, 0) is 14.3 Å². The summed E-state index contributed by atoms with van der Waals surface area (Å²) >= 11 is 0. The smallest absolute Gasteiger partial charge is 0.305 e. The summed E-state index contributed by atoms with van der Waals surface area (Å²) < 4.78 is 4.81. The predicted octanol–water partition coefficient (Wildman–Crippen LogP) is 1.73. The number of nitrogens with zero attached hydrogens (tertiary/aromatic N) is 1. The van der Waals surface area contributed by atoms with Gasteiger partial charge in [-0.2, -0.15) is 0 Å². The first-order valence-electron chi connectivity index (χ1n) is 6.17. The van der Waals surface area contributed by atoms with Crippen molar-refractivity contribution in [3.63, 3.8) is 0 Å². The molecule has 1 aliphatic heterocycles. The topological polar surface area (TPSA) is 46.6 Å². The van der Waals surface area contributed by atoms with Crippen LogP contribution in [0.4, 0.5) is 0 Å². The molecule has 1 fully saturated rings. The highest BCUT2D eigenvalue weighted by molar-refractivity contribution is 5.77. The maximum absolute atomic E-state index is 11.7. The van der Waals surface area contributed by atoms with Crippen LogP contribution in [0.15, 0.2) is 0 Å². The number of hydrogen-bond donors (Lipinski definition) is 0. The minimum absolute atomic E-state index is 0.184. The molecule has 4 heteroatoms. The van der Waals surface area contributed by atoms with Gasteiger partial charge in [0, 0.05) is 25.9 Å². The quantitative estimate of drug-likeness (QED) is 0.672. The molecule has 0 bridgehead atoms. The maximum Gasteiger partial charge on any atom is 0.305 e. The van der Waals surface area contributed by atoms with Crippen LogP contribution in [-0.4, -0.2) is 36.5 Å². The van der Waals surface area contributed by atoms with E-state index in [0.717, 1.165) is 25.9 Å². The summed E-state index contributed by atoms with van der Waals surface area (Å²) in [6, 6.07) is 0. The lowest BCUT2D eigenvalue weighted by atomic mass is 10.1. The molecule has 1 heterocycles. The second-order valence-corrected chi connectivity index (χ2v) is 4.10. The monoisotopic (exact) mass is 227 g/mol. The molecule has 0 aromatic carbocycles. The van der Waals surface area contributed by atoms with E-state index in [-0.39, 0.29) is 11.9 Å². The van der Waals surface area contributed by atoms with Crippen LogP contribution < -0.4 is 0 Å². The van der Waals surface area contributed by atoms with E-state index in [1.807, 2.05) is 4.90 Å². The molecule has 92 valence electrons. The summed E-state index contributed by atoms with van der Waals surface area (Å²) in [7, 11) is 0. The van der Waals surface area contributed by atoms with Crippen LogP contribution in [0.1, 0.15) is 45.4 Å². The molecular formula is C12H21NO3. The standard InChI is InChI=1S/C12H21NO3/c1-2-16-12(15)8-6-7-11(14)13-9-4-3-5-10-13/h2-10H2,1H3. The molecule has 0 saturated carbocycles. The van der Waals surface area contributed by atoms with Gasteiger partial charge in [-0.15, -0.1) is 0 Å². The van der Waals surface area contributed by atoms with Gasteiger partial charge >= 0.3 is 5.97 Å².